The standard InChI is InChI=1S/C18H17ClFN5O/c19-16-7-5-13(6-8-16)15(11-25-12-22-23-24-25)9-18(26)21-10-14-3-1-2-4-17(14)20/h1-8,12,15H,9-11H2,(H,21,26)/t15-/m1/s1. The average molecular weight is 374 g/mol. The van der Waals surface area contributed by atoms with Crippen molar-refractivity contribution in [1.82, 2.24) is 25.5 Å². The van der Waals surface area contributed by atoms with Crippen LogP contribution in [0.5, 0.6) is 0 Å². The van der Waals surface area contributed by atoms with Gasteiger partial charge < -0.3 is 5.32 Å². The van der Waals surface area contributed by atoms with E-state index in [0.29, 0.717) is 17.1 Å². The highest BCUT2D eigenvalue weighted by atomic mass is 35.5. The fourth-order valence-electron chi connectivity index (χ4n) is 2.64. The van der Waals surface area contributed by atoms with Crippen LogP contribution < -0.4 is 5.32 Å². The Labute approximate surface area is 155 Å². The zero-order valence-electron chi connectivity index (χ0n) is 13.8. The first-order valence-electron chi connectivity index (χ1n) is 8.08. The second-order valence-corrected chi connectivity index (χ2v) is 6.29. The summed E-state index contributed by atoms with van der Waals surface area (Å²) < 4.78 is 15.2. The van der Waals surface area contributed by atoms with Crippen LogP contribution in [0.3, 0.4) is 0 Å². The Hall–Kier alpha value is -2.80. The summed E-state index contributed by atoms with van der Waals surface area (Å²) in [4.78, 5) is 12.4. The molecule has 134 valence electrons. The molecular weight excluding hydrogens is 357 g/mol. The molecule has 0 fully saturated rings. The lowest BCUT2D eigenvalue weighted by Gasteiger charge is -2.17. The predicted octanol–water partition coefficient (Wildman–Crippen LogP) is 2.96. The van der Waals surface area contributed by atoms with Gasteiger partial charge in [-0.25, -0.2) is 9.07 Å². The maximum atomic E-state index is 13.7. The first kappa shape index (κ1) is 18.0. The van der Waals surface area contributed by atoms with E-state index < -0.39 is 0 Å². The Balaban J connectivity index is 1.67. The molecule has 3 rings (SSSR count). The first-order chi connectivity index (χ1) is 12.6. The summed E-state index contributed by atoms with van der Waals surface area (Å²) in [6, 6.07) is 13.7. The summed E-state index contributed by atoms with van der Waals surface area (Å²) >= 11 is 5.94. The maximum absolute atomic E-state index is 13.7. The third-order valence-electron chi connectivity index (χ3n) is 4.01. The van der Waals surface area contributed by atoms with Crippen LogP contribution in [0.2, 0.25) is 5.02 Å². The molecule has 0 bridgehead atoms. The Morgan fingerprint density at radius 1 is 1.19 bits per heavy atom. The van der Waals surface area contributed by atoms with Gasteiger partial charge in [-0.2, -0.15) is 0 Å². The van der Waals surface area contributed by atoms with Gasteiger partial charge in [0.2, 0.25) is 5.91 Å². The predicted molar refractivity (Wildman–Crippen MR) is 94.9 cm³/mol. The van der Waals surface area contributed by atoms with Crippen molar-refractivity contribution in [2.75, 3.05) is 0 Å². The van der Waals surface area contributed by atoms with E-state index in [1.165, 1.54) is 12.4 Å². The normalized spacial score (nSPS) is 11.9. The molecule has 0 saturated carbocycles. The zero-order valence-corrected chi connectivity index (χ0v) is 14.6. The fraction of sp³-hybridized carbons (Fsp3) is 0.222. The number of halogens is 2. The van der Waals surface area contributed by atoms with Gasteiger partial charge in [0, 0.05) is 29.5 Å². The van der Waals surface area contributed by atoms with E-state index in [1.807, 2.05) is 12.1 Å². The van der Waals surface area contributed by atoms with E-state index in [0.717, 1.165) is 5.56 Å². The second-order valence-electron chi connectivity index (χ2n) is 5.85. The van der Waals surface area contributed by atoms with Gasteiger partial charge in [0.25, 0.3) is 0 Å². The molecule has 3 aromatic rings. The number of hydrogen-bond donors (Lipinski definition) is 1. The minimum absolute atomic E-state index is 0.142. The first-order valence-corrected chi connectivity index (χ1v) is 8.46. The summed E-state index contributed by atoms with van der Waals surface area (Å²) in [6.07, 6.45) is 1.72. The molecule has 0 spiro atoms. The molecule has 0 aliphatic rings. The Morgan fingerprint density at radius 3 is 2.65 bits per heavy atom. The van der Waals surface area contributed by atoms with Crippen molar-refractivity contribution in [3.8, 4) is 0 Å². The molecule has 1 amide bonds. The molecule has 26 heavy (non-hydrogen) atoms. The monoisotopic (exact) mass is 373 g/mol. The van der Waals surface area contributed by atoms with Gasteiger partial charge in [0.15, 0.2) is 0 Å². The smallest absolute Gasteiger partial charge is 0.220 e. The van der Waals surface area contributed by atoms with Gasteiger partial charge in [-0.05, 0) is 34.2 Å². The SMILES string of the molecule is O=C(C[C@H](Cn1cnnn1)c1ccc(Cl)cc1)NCc1ccccc1F. The third kappa shape index (κ3) is 4.86. The minimum Gasteiger partial charge on any atom is -0.352 e. The summed E-state index contributed by atoms with van der Waals surface area (Å²) in [5.41, 5.74) is 1.40. The highest BCUT2D eigenvalue weighted by Crippen LogP contribution is 2.23. The molecule has 1 N–H and O–H groups in total. The maximum Gasteiger partial charge on any atom is 0.220 e. The van der Waals surface area contributed by atoms with Crippen LogP contribution in [0.4, 0.5) is 4.39 Å². The molecule has 0 unspecified atom stereocenters. The van der Waals surface area contributed by atoms with Gasteiger partial charge >= 0.3 is 0 Å². The van der Waals surface area contributed by atoms with Gasteiger partial charge in [0.05, 0.1) is 6.54 Å². The Kier molecular flexibility index (Phi) is 5.91. The highest BCUT2D eigenvalue weighted by Gasteiger charge is 2.18. The summed E-state index contributed by atoms with van der Waals surface area (Å²) in [5, 5.41) is 14.5. The largest absolute Gasteiger partial charge is 0.352 e. The van der Waals surface area contributed by atoms with Crippen LogP contribution in [0.25, 0.3) is 0 Å². The van der Waals surface area contributed by atoms with Crippen molar-refractivity contribution >= 4 is 17.5 Å². The number of nitrogens with zero attached hydrogens (tertiary/aromatic N) is 4. The number of carbonyl (C=O) groups is 1. The summed E-state index contributed by atoms with van der Waals surface area (Å²) in [7, 11) is 0. The molecule has 0 aliphatic carbocycles. The lowest BCUT2D eigenvalue weighted by Crippen LogP contribution is -2.26. The number of aromatic nitrogens is 4. The molecule has 8 heteroatoms. The van der Waals surface area contributed by atoms with Crippen molar-refractivity contribution in [1.29, 1.82) is 0 Å². The quantitative estimate of drug-likeness (QED) is 0.691. The van der Waals surface area contributed by atoms with Crippen molar-refractivity contribution in [3.05, 3.63) is 76.8 Å². The average Bonchev–Trinajstić information content (AvgIpc) is 3.14. The van der Waals surface area contributed by atoms with Gasteiger partial charge in [-0.3, -0.25) is 4.79 Å². The number of nitrogens with one attached hydrogen (secondary N) is 1. The number of hydrogen-bond acceptors (Lipinski definition) is 4. The van der Waals surface area contributed by atoms with E-state index in [2.05, 4.69) is 20.8 Å². The highest BCUT2D eigenvalue weighted by molar-refractivity contribution is 6.30. The summed E-state index contributed by atoms with van der Waals surface area (Å²) in [6.45, 7) is 0.589. The van der Waals surface area contributed by atoms with Gasteiger partial charge in [0.1, 0.15) is 12.1 Å². The van der Waals surface area contributed by atoms with Crippen molar-refractivity contribution in [2.45, 2.75) is 25.4 Å². The molecule has 1 aromatic heterocycles. The fourth-order valence-corrected chi connectivity index (χ4v) is 2.77. The molecule has 1 atom stereocenters. The van der Waals surface area contributed by atoms with Crippen molar-refractivity contribution in [3.63, 3.8) is 0 Å². The second kappa shape index (κ2) is 8.53. The van der Waals surface area contributed by atoms with Gasteiger partial charge in [-0.15, -0.1) is 5.10 Å². The van der Waals surface area contributed by atoms with E-state index >= 15 is 0 Å². The molecule has 2 aromatic carbocycles. The van der Waals surface area contributed by atoms with E-state index in [9.17, 15) is 9.18 Å². The minimum atomic E-state index is -0.337. The van der Waals surface area contributed by atoms with Crippen molar-refractivity contribution < 1.29 is 9.18 Å². The Bertz CT molecular complexity index is 854. The molecule has 6 nitrogen and oxygen atoms in total. The molecule has 1 heterocycles. The number of tetrazole rings is 1. The zero-order chi connectivity index (χ0) is 18.4. The van der Waals surface area contributed by atoms with Crippen LogP contribution in [0.1, 0.15) is 23.5 Å². The lowest BCUT2D eigenvalue weighted by molar-refractivity contribution is -0.121. The molecular formula is C18H17ClFN5O. The lowest BCUT2D eigenvalue weighted by atomic mass is 9.95. The number of carbonyl (C=O) groups excluding carboxylic acids is 1. The van der Waals surface area contributed by atoms with E-state index in [4.69, 9.17) is 11.6 Å². The number of amides is 1. The Morgan fingerprint density at radius 2 is 1.96 bits per heavy atom. The van der Waals surface area contributed by atoms with Gasteiger partial charge in [-0.1, -0.05) is 41.9 Å². The van der Waals surface area contributed by atoms with Crippen LogP contribution >= 0.6 is 11.6 Å². The number of rotatable bonds is 7. The molecule has 0 saturated heterocycles. The summed E-state index contributed by atoms with van der Waals surface area (Å²) in [5.74, 6) is -0.659. The molecule has 0 radical (unpaired) electrons. The number of benzene rings is 2. The van der Waals surface area contributed by atoms with Crippen LogP contribution in [0.15, 0.2) is 54.9 Å². The topological polar surface area (TPSA) is 72.7 Å². The van der Waals surface area contributed by atoms with Crippen LogP contribution in [-0.2, 0) is 17.9 Å². The molecule has 0 aliphatic heterocycles. The van der Waals surface area contributed by atoms with Crippen LogP contribution in [-0.4, -0.2) is 26.1 Å². The van der Waals surface area contributed by atoms with E-state index in [1.54, 1.807) is 35.0 Å². The van der Waals surface area contributed by atoms with Crippen molar-refractivity contribution in [2.24, 2.45) is 0 Å². The third-order valence-corrected chi connectivity index (χ3v) is 4.26. The van der Waals surface area contributed by atoms with Crippen LogP contribution in [0, 0.1) is 5.82 Å². The van der Waals surface area contributed by atoms with E-state index in [-0.39, 0.29) is 30.6 Å².